The Morgan fingerprint density at radius 2 is 1.57 bits per heavy atom. The highest BCUT2D eigenvalue weighted by atomic mass is 32.2. The molecule has 0 radical (unpaired) electrons. The molecule has 0 aliphatic carbocycles. The second-order valence-electron chi connectivity index (χ2n) is 5.13. The van der Waals surface area contributed by atoms with Crippen LogP contribution >= 0.6 is 11.9 Å². The first kappa shape index (κ1) is 15.4. The van der Waals surface area contributed by atoms with Gasteiger partial charge in [0.05, 0.1) is 11.6 Å². The first-order chi connectivity index (χ1) is 11.3. The molecule has 2 nitrogen and oxygen atoms in total. The zero-order valence-corrected chi connectivity index (χ0v) is 13.4. The number of hydrogen-bond donors (Lipinski definition) is 1. The number of rotatable bonds is 5. The Bertz CT molecular complexity index is 805. The van der Waals surface area contributed by atoms with Crippen molar-refractivity contribution in [3.63, 3.8) is 0 Å². The summed E-state index contributed by atoms with van der Waals surface area (Å²) in [5, 5.41) is 8.80. The summed E-state index contributed by atoms with van der Waals surface area (Å²) in [6.07, 6.45) is 0. The minimum absolute atomic E-state index is 0.692. The molecule has 3 rings (SSSR count). The fourth-order valence-electron chi connectivity index (χ4n) is 2.27. The van der Waals surface area contributed by atoms with Crippen LogP contribution in [0.2, 0.25) is 0 Å². The highest BCUT2D eigenvalue weighted by Gasteiger charge is 2.00. The normalized spacial score (nSPS) is 10.2. The Hall–Kier alpha value is -2.54. The van der Waals surface area contributed by atoms with Crippen molar-refractivity contribution < 1.29 is 0 Å². The molecule has 0 spiro atoms. The maximum absolute atomic E-state index is 8.80. The molecule has 23 heavy (non-hydrogen) atoms. The van der Waals surface area contributed by atoms with Gasteiger partial charge in [-0.05, 0) is 52.9 Å². The largest absolute Gasteiger partial charge is 0.255 e. The van der Waals surface area contributed by atoms with Crippen LogP contribution in [-0.2, 0) is 6.54 Å². The number of nitriles is 1. The standard InChI is InChI=1S/C20H16N2S/c21-14-16-9-11-17(12-10-16)15-22-23-20-8-4-7-19(13-20)18-5-2-1-3-6-18/h1-13,22H,15H2. The van der Waals surface area contributed by atoms with Crippen LogP contribution in [0, 0.1) is 11.3 Å². The van der Waals surface area contributed by atoms with Crippen LogP contribution in [-0.4, -0.2) is 0 Å². The second-order valence-corrected chi connectivity index (χ2v) is 6.09. The molecular weight excluding hydrogens is 300 g/mol. The molecule has 0 atom stereocenters. The van der Waals surface area contributed by atoms with E-state index in [4.69, 9.17) is 5.26 Å². The minimum atomic E-state index is 0.692. The Balaban J connectivity index is 1.61. The van der Waals surface area contributed by atoms with E-state index in [1.165, 1.54) is 16.0 Å². The average Bonchev–Trinajstić information content (AvgIpc) is 2.63. The molecular formula is C20H16N2S. The third-order valence-corrected chi connectivity index (χ3v) is 4.27. The fourth-order valence-corrected chi connectivity index (χ4v) is 3.01. The predicted octanol–water partition coefficient (Wildman–Crippen LogP) is 5.02. The zero-order chi connectivity index (χ0) is 15.9. The van der Waals surface area contributed by atoms with E-state index < -0.39 is 0 Å². The lowest BCUT2D eigenvalue weighted by molar-refractivity contribution is 0.975. The van der Waals surface area contributed by atoms with Crippen LogP contribution < -0.4 is 4.72 Å². The van der Waals surface area contributed by atoms with Crippen molar-refractivity contribution in [3.05, 3.63) is 90.0 Å². The maximum Gasteiger partial charge on any atom is 0.0991 e. The minimum Gasteiger partial charge on any atom is -0.255 e. The lowest BCUT2D eigenvalue weighted by Gasteiger charge is -2.07. The fraction of sp³-hybridized carbons (Fsp3) is 0.0500. The van der Waals surface area contributed by atoms with E-state index in [1.54, 1.807) is 11.9 Å². The molecule has 0 amide bonds. The molecule has 0 heterocycles. The summed E-state index contributed by atoms with van der Waals surface area (Å²) in [4.78, 5) is 1.18. The third-order valence-electron chi connectivity index (χ3n) is 3.49. The maximum atomic E-state index is 8.80. The van der Waals surface area contributed by atoms with E-state index in [0.29, 0.717) is 5.56 Å². The van der Waals surface area contributed by atoms with Crippen LogP contribution in [0.15, 0.2) is 83.8 Å². The molecule has 1 N–H and O–H groups in total. The van der Waals surface area contributed by atoms with Gasteiger partial charge in [-0.3, -0.25) is 4.72 Å². The highest BCUT2D eigenvalue weighted by molar-refractivity contribution is 7.97. The molecule has 3 aromatic rings. The number of nitrogens with one attached hydrogen (secondary N) is 1. The van der Waals surface area contributed by atoms with Crippen molar-refractivity contribution in [2.24, 2.45) is 0 Å². The zero-order valence-electron chi connectivity index (χ0n) is 12.6. The van der Waals surface area contributed by atoms with E-state index >= 15 is 0 Å². The van der Waals surface area contributed by atoms with Crippen LogP contribution in [0.4, 0.5) is 0 Å². The van der Waals surface area contributed by atoms with Crippen LogP contribution in [0.3, 0.4) is 0 Å². The lowest BCUT2D eigenvalue weighted by Crippen LogP contribution is -2.02. The quantitative estimate of drug-likeness (QED) is 0.671. The molecule has 0 aromatic heterocycles. The van der Waals surface area contributed by atoms with Crippen molar-refractivity contribution in [1.29, 1.82) is 5.26 Å². The SMILES string of the molecule is N#Cc1ccc(CNSc2cccc(-c3ccccc3)c2)cc1. The van der Waals surface area contributed by atoms with Gasteiger partial charge < -0.3 is 0 Å². The first-order valence-corrected chi connectivity index (χ1v) is 8.21. The topological polar surface area (TPSA) is 35.8 Å². The highest BCUT2D eigenvalue weighted by Crippen LogP contribution is 2.24. The van der Waals surface area contributed by atoms with Crippen LogP contribution in [0.5, 0.6) is 0 Å². The van der Waals surface area contributed by atoms with Gasteiger partial charge in [-0.25, -0.2) is 0 Å². The van der Waals surface area contributed by atoms with Gasteiger partial charge in [0.1, 0.15) is 0 Å². The predicted molar refractivity (Wildman–Crippen MR) is 95.7 cm³/mol. The van der Waals surface area contributed by atoms with Gasteiger partial charge in [0.2, 0.25) is 0 Å². The van der Waals surface area contributed by atoms with E-state index in [-0.39, 0.29) is 0 Å². The summed E-state index contributed by atoms with van der Waals surface area (Å²) < 4.78 is 3.37. The third kappa shape index (κ3) is 4.23. The molecule has 0 fully saturated rings. The van der Waals surface area contributed by atoms with E-state index in [9.17, 15) is 0 Å². The number of nitrogens with zero attached hydrogens (tertiary/aromatic N) is 1. The molecule has 3 heteroatoms. The van der Waals surface area contributed by atoms with Crippen molar-refractivity contribution in [2.75, 3.05) is 0 Å². The average molecular weight is 316 g/mol. The van der Waals surface area contributed by atoms with E-state index in [0.717, 1.165) is 12.1 Å². The van der Waals surface area contributed by atoms with E-state index in [1.807, 2.05) is 30.3 Å². The summed E-state index contributed by atoms with van der Waals surface area (Å²) >= 11 is 1.62. The van der Waals surface area contributed by atoms with Crippen LogP contribution in [0.1, 0.15) is 11.1 Å². The molecule has 0 saturated heterocycles. The number of hydrogen-bond acceptors (Lipinski definition) is 3. The van der Waals surface area contributed by atoms with Crippen molar-refractivity contribution in [2.45, 2.75) is 11.4 Å². The summed E-state index contributed by atoms with van der Waals surface area (Å²) in [6.45, 7) is 0.756. The van der Waals surface area contributed by atoms with Gasteiger partial charge in [0.25, 0.3) is 0 Å². The summed E-state index contributed by atoms with van der Waals surface area (Å²) in [6, 6.07) is 28.6. The molecule has 3 aromatic carbocycles. The van der Waals surface area contributed by atoms with Gasteiger partial charge in [0, 0.05) is 11.4 Å². The molecule has 112 valence electrons. The first-order valence-electron chi connectivity index (χ1n) is 7.39. The molecule has 0 aliphatic heterocycles. The van der Waals surface area contributed by atoms with Crippen molar-refractivity contribution in [3.8, 4) is 17.2 Å². The Kier molecular flexibility index (Phi) is 5.10. The van der Waals surface area contributed by atoms with Crippen LogP contribution in [0.25, 0.3) is 11.1 Å². The summed E-state index contributed by atoms with van der Waals surface area (Å²) in [5.74, 6) is 0. The van der Waals surface area contributed by atoms with Crippen molar-refractivity contribution in [1.82, 2.24) is 4.72 Å². The summed E-state index contributed by atoms with van der Waals surface area (Å²) in [7, 11) is 0. The molecule has 0 bridgehead atoms. The van der Waals surface area contributed by atoms with Gasteiger partial charge in [0.15, 0.2) is 0 Å². The molecule has 0 unspecified atom stereocenters. The van der Waals surface area contributed by atoms with Gasteiger partial charge in [-0.2, -0.15) is 5.26 Å². The summed E-state index contributed by atoms with van der Waals surface area (Å²) in [5.41, 5.74) is 4.30. The van der Waals surface area contributed by atoms with Gasteiger partial charge in [-0.1, -0.05) is 54.6 Å². The molecule has 0 saturated carbocycles. The van der Waals surface area contributed by atoms with Crippen molar-refractivity contribution >= 4 is 11.9 Å². The number of benzene rings is 3. The second kappa shape index (κ2) is 7.64. The molecule has 0 aliphatic rings. The lowest BCUT2D eigenvalue weighted by atomic mass is 10.1. The Morgan fingerprint density at radius 1 is 0.826 bits per heavy atom. The van der Waals surface area contributed by atoms with Gasteiger partial charge in [-0.15, -0.1) is 0 Å². The Labute approximate surface area is 140 Å². The Morgan fingerprint density at radius 3 is 2.30 bits per heavy atom. The van der Waals surface area contributed by atoms with Gasteiger partial charge >= 0.3 is 0 Å². The van der Waals surface area contributed by atoms with E-state index in [2.05, 4.69) is 59.3 Å². The smallest absolute Gasteiger partial charge is 0.0991 e. The monoisotopic (exact) mass is 316 g/mol.